The lowest BCUT2D eigenvalue weighted by Gasteiger charge is -2.24. The molecule has 0 heterocycles. The zero-order chi connectivity index (χ0) is 42.6. The Bertz CT molecular complexity index is 1300. The molecule has 16 heteroatoms. The Morgan fingerprint density at radius 2 is 1.24 bits per heavy atom. The Balaban J connectivity index is 0.000000818. The molecule has 0 aromatic heterocycles. The summed E-state index contributed by atoms with van der Waals surface area (Å²) in [6.07, 6.45) is 2.43. The third kappa shape index (κ3) is 20.1. The molecular formula is C39H67F3N4O9. The number of oxime groups is 1. The average Bonchev–Trinajstić information content (AvgIpc) is 3.77. The molecular weight excluding hydrogens is 725 g/mol. The van der Waals surface area contributed by atoms with Crippen molar-refractivity contribution in [2.45, 2.75) is 134 Å². The number of urea groups is 1. The highest BCUT2D eigenvalue weighted by atomic mass is 19.4. The van der Waals surface area contributed by atoms with Crippen molar-refractivity contribution in [1.82, 2.24) is 16.0 Å². The number of carbonyl (C=O) groups is 5. The fourth-order valence-corrected chi connectivity index (χ4v) is 4.45. The summed E-state index contributed by atoms with van der Waals surface area (Å²) in [4.78, 5) is 62.1. The molecule has 2 bridgehead atoms. The summed E-state index contributed by atoms with van der Waals surface area (Å²) in [7, 11) is 0. The number of esters is 3. The van der Waals surface area contributed by atoms with Gasteiger partial charge in [0, 0.05) is 6.54 Å². The molecule has 0 spiro atoms. The van der Waals surface area contributed by atoms with E-state index < -0.39 is 40.6 Å². The topological polar surface area (TPSA) is 171 Å². The smallest absolute Gasteiger partial charge is 0.433 e. The summed E-state index contributed by atoms with van der Waals surface area (Å²) in [6.45, 7) is 22.2. The second kappa shape index (κ2) is 23.9. The minimum absolute atomic E-state index is 0.119. The van der Waals surface area contributed by atoms with Gasteiger partial charge in [-0.25, -0.2) is 9.59 Å². The Labute approximate surface area is 325 Å². The second-order valence-corrected chi connectivity index (χ2v) is 15.7. The zero-order valence-electron chi connectivity index (χ0n) is 35.0. The van der Waals surface area contributed by atoms with E-state index in [-0.39, 0.29) is 37.7 Å². The van der Waals surface area contributed by atoms with Crippen LogP contribution in [0, 0.1) is 34.0 Å². The van der Waals surface area contributed by atoms with Crippen LogP contribution in [0.15, 0.2) is 17.3 Å². The van der Waals surface area contributed by atoms with Crippen LogP contribution in [0.1, 0.15) is 122 Å². The maximum atomic E-state index is 12.0. The van der Waals surface area contributed by atoms with Gasteiger partial charge in [0.25, 0.3) is 0 Å². The van der Waals surface area contributed by atoms with Crippen LogP contribution in [0.25, 0.3) is 0 Å². The van der Waals surface area contributed by atoms with E-state index in [1.165, 1.54) is 12.8 Å². The van der Waals surface area contributed by atoms with Crippen molar-refractivity contribution in [3.8, 4) is 0 Å². The van der Waals surface area contributed by atoms with Crippen LogP contribution in [0.5, 0.6) is 0 Å². The average molecular weight is 793 g/mol. The van der Waals surface area contributed by atoms with Gasteiger partial charge in [-0.15, -0.1) is 0 Å². The Morgan fingerprint density at radius 3 is 1.65 bits per heavy atom. The van der Waals surface area contributed by atoms with Gasteiger partial charge in [0.15, 0.2) is 6.10 Å². The molecule has 3 N–H and O–H groups in total. The van der Waals surface area contributed by atoms with Gasteiger partial charge in [0.1, 0.15) is 13.2 Å². The number of fused-ring (bicyclic) bond motifs is 2. The van der Waals surface area contributed by atoms with Gasteiger partial charge in [-0.3, -0.25) is 19.2 Å². The first-order valence-corrected chi connectivity index (χ1v) is 19.2. The third-order valence-electron chi connectivity index (χ3n) is 10.0. The maximum absolute atomic E-state index is 12.0. The van der Waals surface area contributed by atoms with E-state index in [0.717, 1.165) is 37.9 Å². The van der Waals surface area contributed by atoms with Crippen LogP contribution in [0.4, 0.5) is 22.8 Å². The first kappa shape index (κ1) is 51.1. The number of nitrogens with one attached hydrogen (secondary N) is 3. The zero-order valence-corrected chi connectivity index (χ0v) is 35.0. The molecule has 1 fully saturated rings. The number of nitrogens with zero attached hydrogens (tertiary/aromatic N) is 1. The lowest BCUT2D eigenvalue weighted by molar-refractivity contribution is -0.221. The largest absolute Gasteiger partial charge is 0.463 e. The summed E-state index contributed by atoms with van der Waals surface area (Å²) in [5.41, 5.74) is -1.09. The molecule has 4 unspecified atom stereocenters. The highest BCUT2D eigenvalue weighted by Crippen LogP contribution is 2.43. The predicted molar refractivity (Wildman–Crippen MR) is 204 cm³/mol. The summed E-state index contributed by atoms with van der Waals surface area (Å²) in [6, 6.07) is -0.183. The van der Waals surface area contributed by atoms with E-state index in [4.69, 9.17) is 9.47 Å². The van der Waals surface area contributed by atoms with Gasteiger partial charge in [-0.2, -0.15) is 13.2 Å². The predicted octanol–water partition coefficient (Wildman–Crippen LogP) is 7.87. The maximum Gasteiger partial charge on any atom is 0.433 e. The lowest BCUT2D eigenvalue weighted by atomic mass is 9.90. The van der Waals surface area contributed by atoms with Crippen molar-refractivity contribution in [1.29, 1.82) is 0 Å². The van der Waals surface area contributed by atoms with Crippen molar-refractivity contribution in [2.24, 2.45) is 39.2 Å². The van der Waals surface area contributed by atoms with Gasteiger partial charge in [0.05, 0.1) is 35.0 Å². The first-order chi connectivity index (χ1) is 25.4. The molecule has 318 valence electrons. The molecule has 1 saturated carbocycles. The molecule has 0 aliphatic heterocycles. The Kier molecular flexibility index (Phi) is 22.3. The molecule has 3 amide bonds. The minimum atomic E-state index is -4.49. The number of hydrogen-bond donors (Lipinski definition) is 3. The normalized spacial score (nSPS) is 18.4. The van der Waals surface area contributed by atoms with Crippen molar-refractivity contribution in [3.63, 3.8) is 0 Å². The van der Waals surface area contributed by atoms with E-state index in [0.29, 0.717) is 31.2 Å². The minimum Gasteiger partial charge on any atom is -0.463 e. The van der Waals surface area contributed by atoms with Crippen molar-refractivity contribution in [2.75, 3.05) is 32.8 Å². The fourth-order valence-electron chi connectivity index (χ4n) is 4.45. The first-order valence-electron chi connectivity index (χ1n) is 19.2. The van der Waals surface area contributed by atoms with E-state index in [1.807, 2.05) is 48.5 Å². The fraction of sp³-hybridized carbons (Fsp3) is 0.795. The van der Waals surface area contributed by atoms with Gasteiger partial charge >= 0.3 is 36.2 Å². The van der Waals surface area contributed by atoms with E-state index in [1.54, 1.807) is 27.7 Å². The molecule has 2 aliphatic carbocycles. The standard InChI is InChI=1S/C17H28N2O3.C13H24N2O4.C9H15F3O2/c1-4-17(2,3)15(20)22-8-7-18-16(21)19-11-14-10-12-5-6-13(14)9-12;1-6-10(3)15-19-12(17)14-8-9-18-11(16)13(4,5)7-2;1-5-8(3,4)7(13)14-6(2)9(10,11)12/h5-6,12-14H,4,7-11H2,1-3H3,(H2,18,19,21);6-9H2,1-5H3,(H,14,17);6H,5H2,1-4H3/b;15-10-;. The Morgan fingerprint density at radius 1 is 0.745 bits per heavy atom. The number of alkyl halides is 3. The van der Waals surface area contributed by atoms with Crippen LogP contribution in [-0.4, -0.2) is 80.9 Å². The molecule has 0 radical (unpaired) electrons. The van der Waals surface area contributed by atoms with E-state index >= 15 is 0 Å². The molecule has 0 aromatic rings. The van der Waals surface area contributed by atoms with Gasteiger partial charge in [0.2, 0.25) is 0 Å². The molecule has 4 atom stereocenters. The van der Waals surface area contributed by atoms with Crippen LogP contribution in [-0.2, 0) is 33.4 Å². The molecule has 0 aromatic carbocycles. The molecule has 2 rings (SSSR count). The number of carbonyl (C=O) groups excluding carboxylic acids is 5. The number of amides is 3. The monoisotopic (exact) mass is 792 g/mol. The summed E-state index contributed by atoms with van der Waals surface area (Å²) < 4.78 is 50.6. The van der Waals surface area contributed by atoms with Crippen LogP contribution < -0.4 is 16.0 Å². The summed E-state index contributed by atoms with van der Waals surface area (Å²) in [5, 5.41) is 11.7. The number of ether oxygens (including phenoxy) is 3. The number of hydrogen-bond acceptors (Lipinski definition) is 10. The highest BCUT2D eigenvalue weighted by Gasteiger charge is 2.41. The van der Waals surface area contributed by atoms with Gasteiger partial charge in [-0.05, 0) is 112 Å². The highest BCUT2D eigenvalue weighted by molar-refractivity contribution is 5.82. The molecule has 13 nitrogen and oxygen atoms in total. The second-order valence-electron chi connectivity index (χ2n) is 15.7. The van der Waals surface area contributed by atoms with Crippen molar-refractivity contribution >= 4 is 35.7 Å². The SMILES string of the molecule is CC/C(C)=N\OC(=O)NCCOC(=O)C(C)(C)CC.CCC(C)(C)C(=O)OC(C)C(F)(F)F.CCC(C)(C)C(=O)OCCNC(=O)NCC1CC2C=CC1C2. The molecule has 2 aliphatic rings. The van der Waals surface area contributed by atoms with Gasteiger partial charge < -0.3 is 30.2 Å². The molecule has 0 saturated heterocycles. The van der Waals surface area contributed by atoms with Crippen LogP contribution >= 0.6 is 0 Å². The summed E-state index contributed by atoms with van der Waals surface area (Å²) in [5.74, 6) is 0.633. The van der Waals surface area contributed by atoms with E-state index in [2.05, 4.69) is 42.8 Å². The number of halogens is 3. The van der Waals surface area contributed by atoms with Crippen molar-refractivity contribution < 1.29 is 56.2 Å². The third-order valence-corrected chi connectivity index (χ3v) is 10.0. The van der Waals surface area contributed by atoms with E-state index in [9.17, 15) is 37.1 Å². The van der Waals surface area contributed by atoms with Crippen LogP contribution in [0.3, 0.4) is 0 Å². The summed E-state index contributed by atoms with van der Waals surface area (Å²) >= 11 is 0. The lowest BCUT2D eigenvalue weighted by Crippen LogP contribution is -2.40. The van der Waals surface area contributed by atoms with Crippen LogP contribution in [0.2, 0.25) is 0 Å². The Hall–Kier alpha value is -3.85. The van der Waals surface area contributed by atoms with Gasteiger partial charge in [-0.1, -0.05) is 45.0 Å². The quantitative estimate of drug-likeness (QED) is 0.0252. The number of allylic oxidation sites excluding steroid dienone is 2. The van der Waals surface area contributed by atoms with Crippen molar-refractivity contribution in [3.05, 3.63) is 12.2 Å². The number of rotatable bonds is 17. The molecule has 55 heavy (non-hydrogen) atoms.